The van der Waals surface area contributed by atoms with Crippen LogP contribution < -0.4 is 5.32 Å². The van der Waals surface area contributed by atoms with Crippen LogP contribution in [0.4, 0.5) is 0 Å². The second-order valence-corrected chi connectivity index (χ2v) is 3.60. The Labute approximate surface area is 86.1 Å². The molecule has 0 aromatic heterocycles. The van der Waals surface area contributed by atoms with Crippen molar-refractivity contribution in [2.24, 2.45) is 0 Å². The van der Waals surface area contributed by atoms with E-state index in [1.165, 1.54) is 0 Å². The van der Waals surface area contributed by atoms with Crippen LogP contribution in [-0.2, 0) is 9.36 Å². The molecule has 0 atom stereocenters. The van der Waals surface area contributed by atoms with Gasteiger partial charge in [-0.15, -0.1) is 0 Å². The molecule has 0 rings (SSSR count). The van der Waals surface area contributed by atoms with Crippen molar-refractivity contribution < 1.29 is 9.36 Å². The zero-order valence-corrected chi connectivity index (χ0v) is 9.40. The molecule has 0 unspecified atom stereocenters. The predicted molar refractivity (Wildman–Crippen MR) is 57.8 cm³/mol. The standard InChI is InChI=1S/C10H16NO2P/c1-9(2)10(12)11-7-5-3-4-6-8-14-13/h1,3-7H2,2H3,(H,11,12). The summed E-state index contributed by atoms with van der Waals surface area (Å²) in [6.45, 7) is 5.91. The summed E-state index contributed by atoms with van der Waals surface area (Å²) in [4.78, 5) is 11.0. The van der Waals surface area contributed by atoms with E-state index in [1.807, 2.05) is 0 Å². The minimum atomic E-state index is -0.0822. The third-order valence-electron chi connectivity index (χ3n) is 1.70. The predicted octanol–water partition coefficient (Wildman–Crippen LogP) is 2.49. The van der Waals surface area contributed by atoms with Crippen LogP contribution >= 0.6 is 7.92 Å². The zero-order valence-electron chi connectivity index (χ0n) is 8.51. The van der Waals surface area contributed by atoms with E-state index < -0.39 is 0 Å². The summed E-state index contributed by atoms with van der Waals surface area (Å²) in [7, 11) is -0.0130. The number of carbonyl (C=O) groups excluding carboxylic acids is 1. The average molecular weight is 213 g/mol. The summed E-state index contributed by atoms with van der Waals surface area (Å²) in [6, 6.07) is 0. The van der Waals surface area contributed by atoms with Gasteiger partial charge in [0.25, 0.3) is 0 Å². The van der Waals surface area contributed by atoms with Crippen LogP contribution in [0.15, 0.2) is 12.2 Å². The topological polar surface area (TPSA) is 46.2 Å². The molecule has 0 aliphatic carbocycles. The summed E-state index contributed by atoms with van der Waals surface area (Å²) < 4.78 is 9.98. The van der Waals surface area contributed by atoms with E-state index in [-0.39, 0.29) is 13.8 Å². The Morgan fingerprint density at radius 3 is 2.71 bits per heavy atom. The summed E-state index contributed by atoms with van der Waals surface area (Å²) in [5.41, 5.74) is 3.22. The number of hydrogen-bond acceptors (Lipinski definition) is 2. The van der Waals surface area contributed by atoms with Gasteiger partial charge in [-0.05, 0) is 0 Å². The summed E-state index contributed by atoms with van der Waals surface area (Å²) in [5, 5.41) is 2.75. The van der Waals surface area contributed by atoms with Crippen LogP contribution in [-0.4, -0.2) is 12.5 Å². The molecule has 1 N–H and O–H groups in total. The van der Waals surface area contributed by atoms with Crippen molar-refractivity contribution in [3.8, 4) is 5.63 Å². The van der Waals surface area contributed by atoms with Gasteiger partial charge in [-0.25, -0.2) is 0 Å². The molecule has 1 amide bonds. The second kappa shape index (κ2) is 8.80. The molecule has 0 bridgehead atoms. The Morgan fingerprint density at radius 1 is 1.43 bits per heavy atom. The van der Waals surface area contributed by atoms with Gasteiger partial charge in [0.2, 0.25) is 0 Å². The third-order valence-corrected chi connectivity index (χ3v) is 2.06. The molecule has 0 aliphatic heterocycles. The summed E-state index contributed by atoms with van der Waals surface area (Å²) >= 11 is 0. The molecule has 3 nitrogen and oxygen atoms in total. The molecule has 0 heterocycles. The van der Waals surface area contributed by atoms with Gasteiger partial charge in [-0.1, -0.05) is 0 Å². The van der Waals surface area contributed by atoms with Gasteiger partial charge >= 0.3 is 85.4 Å². The monoisotopic (exact) mass is 213 g/mol. The van der Waals surface area contributed by atoms with E-state index in [1.54, 1.807) is 6.92 Å². The molecule has 0 spiro atoms. The van der Waals surface area contributed by atoms with Crippen molar-refractivity contribution in [1.82, 2.24) is 5.32 Å². The first kappa shape index (κ1) is 13.2. The van der Waals surface area contributed by atoms with Crippen molar-refractivity contribution in [2.75, 3.05) is 6.54 Å². The molecular weight excluding hydrogens is 197 g/mol. The van der Waals surface area contributed by atoms with Crippen LogP contribution in [0.1, 0.15) is 32.6 Å². The first-order valence-electron chi connectivity index (χ1n) is 4.67. The molecule has 0 saturated carbocycles. The zero-order chi connectivity index (χ0) is 10.8. The van der Waals surface area contributed by atoms with Crippen molar-refractivity contribution >= 4 is 13.8 Å². The first-order chi connectivity index (χ1) is 6.68. The van der Waals surface area contributed by atoms with Gasteiger partial charge in [-0.3, -0.25) is 0 Å². The molecule has 14 heavy (non-hydrogen) atoms. The fraction of sp³-hybridized carbons (Fsp3) is 0.600. The summed E-state index contributed by atoms with van der Waals surface area (Å²) in [6.07, 6.45) is 3.67. The molecule has 78 valence electrons. The number of carbonyl (C=O) groups is 1. The van der Waals surface area contributed by atoms with Gasteiger partial charge in [0.1, 0.15) is 0 Å². The number of nitrogens with one attached hydrogen (secondary N) is 1. The number of hydrogen-bond donors (Lipinski definition) is 1. The normalized spacial score (nSPS) is 8.93. The summed E-state index contributed by atoms with van der Waals surface area (Å²) in [5.74, 6) is -0.0822. The Hall–Kier alpha value is -0.780. The molecule has 4 heteroatoms. The SMILES string of the molecule is C=C(C)C(=O)NCCCCCC#P=O. The van der Waals surface area contributed by atoms with E-state index >= 15 is 0 Å². The van der Waals surface area contributed by atoms with E-state index in [0.717, 1.165) is 25.7 Å². The first-order valence-corrected chi connectivity index (χ1v) is 5.48. The van der Waals surface area contributed by atoms with Gasteiger partial charge in [-0.2, -0.15) is 0 Å². The van der Waals surface area contributed by atoms with Crippen molar-refractivity contribution in [2.45, 2.75) is 32.6 Å². The van der Waals surface area contributed by atoms with E-state index in [2.05, 4.69) is 17.5 Å². The van der Waals surface area contributed by atoms with Crippen LogP contribution in [0.2, 0.25) is 0 Å². The van der Waals surface area contributed by atoms with Crippen molar-refractivity contribution in [3.05, 3.63) is 12.2 Å². The van der Waals surface area contributed by atoms with Gasteiger partial charge in [0.15, 0.2) is 0 Å². The molecular formula is C10H16NO2P. The van der Waals surface area contributed by atoms with Gasteiger partial charge in [0.05, 0.1) is 0 Å². The second-order valence-electron chi connectivity index (χ2n) is 3.10. The molecule has 0 aliphatic rings. The van der Waals surface area contributed by atoms with Crippen molar-refractivity contribution in [1.29, 1.82) is 0 Å². The molecule has 0 fully saturated rings. The number of rotatable bonds is 6. The maximum absolute atomic E-state index is 11.0. The molecule has 0 radical (unpaired) electrons. The number of amides is 1. The Kier molecular flexibility index (Phi) is 8.31. The number of unbranched alkanes of at least 4 members (excludes halogenated alkanes) is 3. The minimum absolute atomic E-state index is 0.0130. The van der Waals surface area contributed by atoms with E-state index in [9.17, 15) is 9.36 Å². The molecule has 0 aromatic rings. The maximum atomic E-state index is 11.0. The fourth-order valence-electron chi connectivity index (χ4n) is 0.904. The van der Waals surface area contributed by atoms with Gasteiger partial charge < -0.3 is 0 Å². The average Bonchev–Trinajstić information content (AvgIpc) is 2.16. The van der Waals surface area contributed by atoms with E-state index in [4.69, 9.17) is 0 Å². The Morgan fingerprint density at radius 2 is 2.14 bits per heavy atom. The Bertz CT molecular complexity index is 292. The van der Waals surface area contributed by atoms with E-state index in [0.29, 0.717) is 12.1 Å². The van der Waals surface area contributed by atoms with Crippen molar-refractivity contribution in [3.63, 3.8) is 0 Å². The molecule has 0 saturated heterocycles. The fourth-order valence-corrected chi connectivity index (χ4v) is 1.15. The Balaban J connectivity index is 3.28. The van der Waals surface area contributed by atoms with Crippen LogP contribution in [0.3, 0.4) is 0 Å². The quantitative estimate of drug-likeness (QED) is 0.418. The third kappa shape index (κ3) is 7.85. The van der Waals surface area contributed by atoms with Crippen LogP contribution in [0.25, 0.3) is 0 Å². The van der Waals surface area contributed by atoms with Crippen LogP contribution in [0.5, 0.6) is 0 Å². The molecule has 0 aromatic carbocycles. The van der Waals surface area contributed by atoms with Gasteiger partial charge in [0, 0.05) is 0 Å². The van der Waals surface area contributed by atoms with Crippen LogP contribution in [0, 0.1) is 5.63 Å².